The molecule has 1 unspecified atom stereocenters. The minimum Gasteiger partial charge on any atom is -0.494 e. The highest BCUT2D eigenvalue weighted by Crippen LogP contribution is 2.30. The molecule has 0 bridgehead atoms. The summed E-state index contributed by atoms with van der Waals surface area (Å²) in [5.41, 5.74) is 1.98. The molecule has 150 valence electrons. The molecule has 0 radical (unpaired) electrons. The molecule has 4 rings (SSSR count). The van der Waals surface area contributed by atoms with Gasteiger partial charge in [-0.3, -0.25) is 4.79 Å². The molecule has 0 saturated carbocycles. The van der Waals surface area contributed by atoms with Gasteiger partial charge in [0.05, 0.1) is 12.5 Å². The summed E-state index contributed by atoms with van der Waals surface area (Å²) in [6.07, 6.45) is 2.43. The molecule has 1 atom stereocenters. The van der Waals surface area contributed by atoms with Crippen LogP contribution in [-0.2, 0) is 11.3 Å². The Kier molecular flexibility index (Phi) is 5.85. The van der Waals surface area contributed by atoms with E-state index in [1.165, 1.54) is 4.90 Å². The Hall–Kier alpha value is -2.80. The highest BCUT2D eigenvalue weighted by atomic mass is 32.2. The molecule has 1 aliphatic rings. The zero-order valence-corrected chi connectivity index (χ0v) is 17.3. The maximum Gasteiger partial charge on any atom is 0.232 e. The van der Waals surface area contributed by atoms with Gasteiger partial charge in [0.1, 0.15) is 5.75 Å². The van der Waals surface area contributed by atoms with Crippen molar-refractivity contribution >= 4 is 17.7 Å². The minimum absolute atomic E-state index is 0.0723. The molecule has 0 N–H and O–H groups in total. The average molecular weight is 410 g/mol. The smallest absolute Gasteiger partial charge is 0.232 e. The molecule has 1 saturated heterocycles. The summed E-state index contributed by atoms with van der Waals surface area (Å²) in [6, 6.07) is 15.9. The number of likely N-dealkylation sites (tertiary alicyclic amines) is 1. The first kappa shape index (κ1) is 19.5. The fourth-order valence-corrected chi connectivity index (χ4v) is 3.84. The van der Waals surface area contributed by atoms with Crippen LogP contribution < -0.4 is 4.74 Å². The molecule has 0 aliphatic carbocycles. The molecule has 1 aliphatic heterocycles. The topological polar surface area (TPSA) is 68.5 Å². The lowest BCUT2D eigenvalue weighted by atomic mass is 10.1. The summed E-state index contributed by atoms with van der Waals surface area (Å²) in [5.74, 6) is 1.96. The van der Waals surface area contributed by atoms with Gasteiger partial charge in [0.25, 0.3) is 0 Å². The van der Waals surface area contributed by atoms with Crippen LogP contribution in [0.2, 0.25) is 0 Å². The second-order valence-electron chi connectivity index (χ2n) is 6.94. The van der Waals surface area contributed by atoms with Gasteiger partial charge >= 0.3 is 0 Å². The summed E-state index contributed by atoms with van der Waals surface area (Å²) in [5, 5.41) is 4.11. The van der Waals surface area contributed by atoms with E-state index in [1.54, 1.807) is 11.8 Å². The standard InChI is InChI=1S/C22H23N3O3S/c1-3-27-18-8-4-15(5-9-18)13-25-14-17(12-20(25)26)22-23-21(24-28-22)16-6-10-19(29-2)11-7-16/h4-11,17H,3,12-14H2,1-2H3. The van der Waals surface area contributed by atoms with Gasteiger partial charge in [0.2, 0.25) is 17.6 Å². The first-order valence-corrected chi connectivity index (χ1v) is 10.9. The van der Waals surface area contributed by atoms with Gasteiger partial charge in [-0.1, -0.05) is 17.3 Å². The number of hydrogen-bond acceptors (Lipinski definition) is 6. The zero-order valence-electron chi connectivity index (χ0n) is 16.5. The number of amides is 1. The number of carbonyl (C=O) groups is 1. The molecule has 1 aromatic heterocycles. The number of hydrogen-bond donors (Lipinski definition) is 0. The molecule has 2 heterocycles. The number of rotatable bonds is 7. The summed E-state index contributed by atoms with van der Waals surface area (Å²) in [6.45, 7) is 3.75. The van der Waals surface area contributed by atoms with E-state index in [1.807, 2.05) is 66.6 Å². The second-order valence-corrected chi connectivity index (χ2v) is 7.82. The van der Waals surface area contributed by atoms with E-state index in [-0.39, 0.29) is 11.8 Å². The van der Waals surface area contributed by atoms with Crippen LogP contribution in [-0.4, -0.2) is 40.4 Å². The van der Waals surface area contributed by atoms with E-state index in [0.717, 1.165) is 16.9 Å². The average Bonchev–Trinajstić information content (AvgIpc) is 3.37. The second kappa shape index (κ2) is 8.69. The van der Waals surface area contributed by atoms with Crippen molar-refractivity contribution in [3.05, 3.63) is 60.0 Å². The third kappa shape index (κ3) is 4.45. The van der Waals surface area contributed by atoms with Crippen LogP contribution >= 0.6 is 11.8 Å². The van der Waals surface area contributed by atoms with Crippen molar-refractivity contribution in [2.45, 2.75) is 30.7 Å². The fourth-order valence-electron chi connectivity index (χ4n) is 3.43. The predicted octanol–water partition coefficient (Wildman–Crippen LogP) is 4.37. The van der Waals surface area contributed by atoms with Crippen LogP contribution in [0.15, 0.2) is 57.9 Å². The van der Waals surface area contributed by atoms with Crippen LogP contribution in [0.3, 0.4) is 0 Å². The molecule has 6 nitrogen and oxygen atoms in total. The maximum atomic E-state index is 12.5. The van der Waals surface area contributed by atoms with E-state index in [2.05, 4.69) is 10.1 Å². The Labute approximate surface area is 174 Å². The Balaban J connectivity index is 1.41. The molecule has 3 aromatic rings. The Bertz CT molecular complexity index is 970. The first-order chi connectivity index (χ1) is 14.2. The number of thioether (sulfide) groups is 1. The van der Waals surface area contributed by atoms with Crippen LogP contribution in [0.4, 0.5) is 0 Å². The van der Waals surface area contributed by atoms with Gasteiger partial charge in [-0.25, -0.2) is 0 Å². The van der Waals surface area contributed by atoms with Crippen molar-refractivity contribution in [1.29, 1.82) is 0 Å². The van der Waals surface area contributed by atoms with Crippen molar-refractivity contribution in [3.8, 4) is 17.1 Å². The van der Waals surface area contributed by atoms with Crippen LogP contribution in [0.25, 0.3) is 11.4 Å². The molecular weight excluding hydrogens is 386 g/mol. The van der Waals surface area contributed by atoms with Gasteiger partial charge in [0, 0.05) is 30.0 Å². The van der Waals surface area contributed by atoms with Gasteiger partial charge in [0.15, 0.2) is 0 Å². The van der Waals surface area contributed by atoms with Crippen molar-refractivity contribution in [3.63, 3.8) is 0 Å². The first-order valence-electron chi connectivity index (χ1n) is 9.63. The monoisotopic (exact) mass is 409 g/mol. The van der Waals surface area contributed by atoms with Crippen LogP contribution in [0.5, 0.6) is 5.75 Å². The summed E-state index contributed by atoms with van der Waals surface area (Å²) >= 11 is 1.69. The third-order valence-electron chi connectivity index (χ3n) is 4.96. The lowest BCUT2D eigenvalue weighted by Gasteiger charge is -2.16. The zero-order chi connectivity index (χ0) is 20.2. The van der Waals surface area contributed by atoms with E-state index in [0.29, 0.717) is 37.8 Å². The summed E-state index contributed by atoms with van der Waals surface area (Å²) < 4.78 is 11.0. The quantitative estimate of drug-likeness (QED) is 0.540. The normalized spacial score (nSPS) is 16.4. The van der Waals surface area contributed by atoms with Gasteiger partial charge in [-0.15, -0.1) is 11.8 Å². The molecule has 1 fully saturated rings. The number of carbonyl (C=O) groups excluding carboxylic acids is 1. The number of benzene rings is 2. The SMILES string of the molecule is CCOc1ccc(CN2CC(c3nc(-c4ccc(SC)cc4)no3)CC2=O)cc1. The lowest BCUT2D eigenvalue weighted by Crippen LogP contribution is -2.24. The van der Waals surface area contributed by atoms with Crippen molar-refractivity contribution in [2.24, 2.45) is 0 Å². The molecule has 0 spiro atoms. The Morgan fingerprint density at radius 1 is 1.17 bits per heavy atom. The van der Waals surface area contributed by atoms with E-state index in [4.69, 9.17) is 9.26 Å². The van der Waals surface area contributed by atoms with E-state index >= 15 is 0 Å². The number of ether oxygens (including phenoxy) is 1. The molecule has 2 aromatic carbocycles. The molecular formula is C22H23N3O3S. The van der Waals surface area contributed by atoms with Gasteiger partial charge < -0.3 is 14.2 Å². The number of nitrogens with zero attached hydrogens (tertiary/aromatic N) is 3. The van der Waals surface area contributed by atoms with Crippen molar-refractivity contribution in [2.75, 3.05) is 19.4 Å². The third-order valence-corrected chi connectivity index (χ3v) is 5.71. The van der Waals surface area contributed by atoms with Gasteiger partial charge in [-0.05, 0) is 55.1 Å². The summed E-state index contributed by atoms with van der Waals surface area (Å²) in [4.78, 5) is 20.1. The van der Waals surface area contributed by atoms with Crippen LogP contribution in [0.1, 0.15) is 30.7 Å². The van der Waals surface area contributed by atoms with Crippen LogP contribution in [0, 0.1) is 0 Å². The predicted molar refractivity (Wildman–Crippen MR) is 112 cm³/mol. The van der Waals surface area contributed by atoms with Crippen molar-refractivity contribution in [1.82, 2.24) is 15.0 Å². The molecule has 1 amide bonds. The van der Waals surface area contributed by atoms with E-state index < -0.39 is 0 Å². The Morgan fingerprint density at radius 2 is 1.93 bits per heavy atom. The largest absolute Gasteiger partial charge is 0.494 e. The highest BCUT2D eigenvalue weighted by molar-refractivity contribution is 7.98. The van der Waals surface area contributed by atoms with Crippen molar-refractivity contribution < 1.29 is 14.1 Å². The number of aromatic nitrogens is 2. The molecule has 7 heteroatoms. The Morgan fingerprint density at radius 3 is 2.62 bits per heavy atom. The highest BCUT2D eigenvalue weighted by Gasteiger charge is 2.34. The minimum atomic E-state index is -0.0723. The molecule has 29 heavy (non-hydrogen) atoms. The lowest BCUT2D eigenvalue weighted by molar-refractivity contribution is -0.128. The van der Waals surface area contributed by atoms with E-state index in [9.17, 15) is 4.79 Å². The maximum absolute atomic E-state index is 12.5. The fraction of sp³-hybridized carbons (Fsp3) is 0.318. The summed E-state index contributed by atoms with van der Waals surface area (Å²) in [7, 11) is 0. The van der Waals surface area contributed by atoms with Gasteiger partial charge in [-0.2, -0.15) is 4.98 Å².